The molecule has 1 heterocycles. The molecule has 2 rings (SSSR count). The highest BCUT2D eigenvalue weighted by atomic mass is 35.5. The molecule has 2 aliphatic rings. The summed E-state index contributed by atoms with van der Waals surface area (Å²) in [5, 5.41) is 0.0596. The molecule has 0 aromatic heterocycles. The third kappa shape index (κ3) is 2.48. The predicted octanol–water partition coefficient (Wildman–Crippen LogP) is 1.96. The Labute approximate surface area is 96.8 Å². The van der Waals surface area contributed by atoms with E-state index in [2.05, 4.69) is 0 Å². The molecule has 5 heteroatoms. The summed E-state index contributed by atoms with van der Waals surface area (Å²) in [5.41, 5.74) is 0. The van der Waals surface area contributed by atoms with Gasteiger partial charge in [-0.05, 0) is 25.7 Å². The van der Waals surface area contributed by atoms with Crippen LogP contribution in [0.4, 0.5) is 0 Å². The maximum absolute atomic E-state index is 12.2. The van der Waals surface area contributed by atoms with Crippen LogP contribution in [0.5, 0.6) is 0 Å². The highest BCUT2D eigenvalue weighted by molar-refractivity contribution is 7.89. The first-order chi connectivity index (χ1) is 7.10. The Morgan fingerprint density at radius 1 is 1.00 bits per heavy atom. The fraction of sp³-hybridized carbons (Fsp3) is 1.00. The Morgan fingerprint density at radius 3 is 2.07 bits per heavy atom. The van der Waals surface area contributed by atoms with Crippen LogP contribution in [-0.4, -0.2) is 36.4 Å². The van der Waals surface area contributed by atoms with Crippen molar-refractivity contribution in [1.29, 1.82) is 0 Å². The first-order valence-electron chi connectivity index (χ1n) is 5.74. The molecule has 1 aliphatic heterocycles. The summed E-state index contributed by atoms with van der Waals surface area (Å²) in [4.78, 5) is 0. The zero-order valence-corrected chi connectivity index (χ0v) is 10.4. The summed E-state index contributed by atoms with van der Waals surface area (Å²) in [6, 6.07) is 0. The monoisotopic (exact) mass is 251 g/mol. The largest absolute Gasteiger partial charge is 0.216 e. The Balaban J connectivity index is 2.02. The summed E-state index contributed by atoms with van der Waals surface area (Å²) in [6.07, 6.45) is 5.43. The van der Waals surface area contributed by atoms with Gasteiger partial charge in [-0.3, -0.25) is 0 Å². The zero-order chi connectivity index (χ0) is 10.9. The lowest BCUT2D eigenvalue weighted by molar-refractivity contribution is 0.345. The molecule has 0 radical (unpaired) electrons. The van der Waals surface area contributed by atoms with Crippen LogP contribution in [0.3, 0.4) is 0 Å². The van der Waals surface area contributed by atoms with Gasteiger partial charge in [0.05, 0.1) is 5.25 Å². The second-order valence-electron chi connectivity index (χ2n) is 4.53. The van der Waals surface area contributed by atoms with Crippen molar-refractivity contribution in [2.75, 3.05) is 13.1 Å². The first-order valence-corrected chi connectivity index (χ1v) is 7.67. The lowest BCUT2D eigenvalue weighted by Crippen LogP contribution is -2.43. The quantitative estimate of drug-likeness (QED) is 0.704. The van der Waals surface area contributed by atoms with E-state index in [1.54, 1.807) is 4.31 Å². The molecule has 0 bridgehead atoms. The van der Waals surface area contributed by atoms with Crippen LogP contribution in [0.1, 0.15) is 38.5 Å². The Kier molecular flexibility index (Phi) is 3.58. The van der Waals surface area contributed by atoms with Crippen LogP contribution >= 0.6 is 11.6 Å². The van der Waals surface area contributed by atoms with E-state index < -0.39 is 10.0 Å². The Bertz CT molecular complexity index is 303. The van der Waals surface area contributed by atoms with Gasteiger partial charge in [-0.25, -0.2) is 12.7 Å². The van der Waals surface area contributed by atoms with Crippen LogP contribution < -0.4 is 0 Å². The van der Waals surface area contributed by atoms with Gasteiger partial charge < -0.3 is 0 Å². The topological polar surface area (TPSA) is 37.4 Å². The molecule has 0 atom stereocenters. The fourth-order valence-corrected chi connectivity index (χ4v) is 4.74. The summed E-state index contributed by atoms with van der Waals surface area (Å²) in [6.45, 7) is 1.24. The van der Waals surface area contributed by atoms with E-state index in [9.17, 15) is 8.42 Å². The molecule has 1 aliphatic carbocycles. The SMILES string of the molecule is O=S(=O)(C1CCCC1)N1CCC(Cl)CC1. The number of rotatable bonds is 2. The molecule has 0 aromatic rings. The van der Waals surface area contributed by atoms with Crippen LogP contribution in [0.15, 0.2) is 0 Å². The van der Waals surface area contributed by atoms with Gasteiger partial charge in [0.25, 0.3) is 0 Å². The summed E-state index contributed by atoms with van der Waals surface area (Å²) in [7, 11) is -3.01. The van der Waals surface area contributed by atoms with Crippen molar-refractivity contribution < 1.29 is 8.42 Å². The van der Waals surface area contributed by atoms with Crippen LogP contribution in [0.2, 0.25) is 0 Å². The molecule has 0 unspecified atom stereocenters. The molecule has 15 heavy (non-hydrogen) atoms. The molecule has 3 nitrogen and oxygen atoms in total. The van der Waals surface area contributed by atoms with E-state index in [1.165, 1.54) is 0 Å². The van der Waals surface area contributed by atoms with Crippen molar-refractivity contribution >= 4 is 21.6 Å². The molecular formula is C10H18ClNO2S. The highest BCUT2D eigenvalue weighted by Crippen LogP contribution is 2.29. The van der Waals surface area contributed by atoms with Gasteiger partial charge in [0.1, 0.15) is 0 Å². The lowest BCUT2D eigenvalue weighted by atomic mass is 10.2. The van der Waals surface area contributed by atoms with Crippen LogP contribution in [0, 0.1) is 0 Å². The van der Waals surface area contributed by atoms with E-state index in [4.69, 9.17) is 11.6 Å². The molecular weight excluding hydrogens is 234 g/mol. The molecule has 2 fully saturated rings. The minimum Gasteiger partial charge on any atom is -0.212 e. The number of nitrogens with zero attached hydrogens (tertiary/aromatic N) is 1. The van der Waals surface area contributed by atoms with Gasteiger partial charge in [-0.1, -0.05) is 12.8 Å². The van der Waals surface area contributed by atoms with Gasteiger partial charge >= 0.3 is 0 Å². The van der Waals surface area contributed by atoms with E-state index in [0.717, 1.165) is 38.5 Å². The molecule has 0 aromatic carbocycles. The van der Waals surface area contributed by atoms with Crippen molar-refractivity contribution in [3.05, 3.63) is 0 Å². The average Bonchev–Trinajstić information content (AvgIpc) is 2.71. The molecule has 0 spiro atoms. The smallest absolute Gasteiger partial charge is 0.212 e. The highest BCUT2D eigenvalue weighted by Gasteiger charge is 2.35. The summed E-state index contributed by atoms with van der Waals surface area (Å²) < 4.78 is 26.0. The van der Waals surface area contributed by atoms with Gasteiger partial charge in [-0.15, -0.1) is 11.6 Å². The van der Waals surface area contributed by atoms with Gasteiger partial charge in [0.2, 0.25) is 10.0 Å². The molecule has 0 amide bonds. The number of piperidine rings is 1. The average molecular weight is 252 g/mol. The van der Waals surface area contributed by atoms with E-state index >= 15 is 0 Å². The summed E-state index contributed by atoms with van der Waals surface area (Å²) in [5.74, 6) is 0. The number of hydrogen-bond donors (Lipinski definition) is 0. The zero-order valence-electron chi connectivity index (χ0n) is 8.86. The van der Waals surface area contributed by atoms with Gasteiger partial charge in [0, 0.05) is 18.5 Å². The Morgan fingerprint density at radius 2 is 1.53 bits per heavy atom. The van der Waals surface area contributed by atoms with Crippen molar-refractivity contribution in [3.8, 4) is 0 Å². The number of sulfonamides is 1. The number of alkyl halides is 1. The van der Waals surface area contributed by atoms with Crippen molar-refractivity contribution in [1.82, 2.24) is 4.31 Å². The van der Waals surface area contributed by atoms with Crippen LogP contribution in [-0.2, 0) is 10.0 Å². The van der Waals surface area contributed by atoms with Crippen molar-refractivity contribution in [2.24, 2.45) is 0 Å². The molecule has 1 saturated heterocycles. The molecule has 1 saturated carbocycles. The van der Waals surface area contributed by atoms with Gasteiger partial charge in [-0.2, -0.15) is 0 Å². The minimum atomic E-state index is -3.01. The van der Waals surface area contributed by atoms with E-state index in [1.807, 2.05) is 0 Å². The number of hydrogen-bond acceptors (Lipinski definition) is 2. The second-order valence-corrected chi connectivity index (χ2v) is 7.36. The summed E-state index contributed by atoms with van der Waals surface area (Å²) >= 11 is 5.97. The maximum Gasteiger partial charge on any atom is 0.216 e. The first kappa shape index (κ1) is 11.7. The normalized spacial score (nSPS) is 27.3. The molecule has 88 valence electrons. The number of halogens is 1. The third-order valence-electron chi connectivity index (χ3n) is 3.47. The predicted molar refractivity (Wildman–Crippen MR) is 61.6 cm³/mol. The maximum atomic E-state index is 12.2. The van der Waals surface area contributed by atoms with Gasteiger partial charge in [0.15, 0.2) is 0 Å². The second kappa shape index (κ2) is 4.60. The van der Waals surface area contributed by atoms with Crippen molar-refractivity contribution in [2.45, 2.75) is 49.2 Å². The van der Waals surface area contributed by atoms with E-state index in [-0.39, 0.29) is 10.6 Å². The fourth-order valence-electron chi connectivity index (χ4n) is 2.48. The van der Waals surface area contributed by atoms with Crippen LogP contribution in [0.25, 0.3) is 0 Å². The molecule has 0 N–H and O–H groups in total. The third-order valence-corrected chi connectivity index (χ3v) is 6.30. The van der Waals surface area contributed by atoms with E-state index in [0.29, 0.717) is 13.1 Å². The standard InChI is InChI=1S/C10H18ClNO2S/c11-9-5-7-12(8-6-9)15(13,14)10-3-1-2-4-10/h9-10H,1-8H2. The lowest BCUT2D eigenvalue weighted by Gasteiger charge is -2.30. The Hall–Kier alpha value is 0.200. The van der Waals surface area contributed by atoms with Crippen molar-refractivity contribution in [3.63, 3.8) is 0 Å². The minimum absolute atomic E-state index is 0.107.